The van der Waals surface area contributed by atoms with Crippen LogP contribution in [0.25, 0.3) is 11.2 Å². The number of fused-ring (bicyclic) bond motifs is 1. The fourth-order valence-electron chi connectivity index (χ4n) is 1.20. The van der Waals surface area contributed by atoms with E-state index < -0.39 is 5.97 Å². The molecular weight excluding hydrogens is 196 g/mol. The van der Waals surface area contributed by atoms with E-state index >= 15 is 0 Å². The third-order valence-corrected chi connectivity index (χ3v) is 1.84. The molecule has 0 bridgehead atoms. The van der Waals surface area contributed by atoms with Gasteiger partial charge < -0.3 is 15.5 Å². The first-order valence-electron chi connectivity index (χ1n) is 4.50. The second kappa shape index (κ2) is 3.56. The summed E-state index contributed by atoms with van der Waals surface area (Å²) in [4.78, 5) is 22.1. The lowest BCUT2D eigenvalue weighted by molar-refractivity contribution is 0.0513. The molecule has 6 nitrogen and oxygen atoms in total. The molecule has 0 aliphatic heterocycles. The van der Waals surface area contributed by atoms with E-state index in [9.17, 15) is 4.79 Å². The van der Waals surface area contributed by atoms with Crippen LogP contribution in [0.2, 0.25) is 0 Å². The van der Waals surface area contributed by atoms with Crippen LogP contribution in [0, 0.1) is 0 Å². The highest BCUT2D eigenvalue weighted by Crippen LogP contribution is 2.11. The molecule has 15 heavy (non-hydrogen) atoms. The first-order valence-corrected chi connectivity index (χ1v) is 4.50. The Morgan fingerprint density at radius 1 is 1.53 bits per heavy atom. The Hall–Kier alpha value is -2.11. The molecule has 3 N–H and O–H groups in total. The number of nitrogens with zero attached hydrogens (tertiary/aromatic N) is 2. The van der Waals surface area contributed by atoms with Crippen LogP contribution < -0.4 is 5.73 Å². The van der Waals surface area contributed by atoms with Gasteiger partial charge in [0.05, 0.1) is 12.1 Å². The maximum atomic E-state index is 11.3. The Kier molecular flexibility index (Phi) is 2.24. The van der Waals surface area contributed by atoms with Gasteiger partial charge in [-0.05, 0) is 19.1 Å². The number of rotatable bonds is 2. The van der Waals surface area contributed by atoms with Crippen molar-refractivity contribution in [1.82, 2.24) is 15.0 Å². The number of aromatic nitrogens is 3. The van der Waals surface area contributed by atoms with E-state index in [0.29, 0.717) is 23.6 Å². The molecule has 0 saturated heterocycles. The van der Waals surface area contributed by atoms with Gasteiger partial charge >= 0.3 is 5.97 Å². The Balaban J connectivity index is 2.42. The van der Waals surface area contributed by atoms with Crippen LogP contribution in [0.5, 0.6) is 0 Å². The monoisotopic (exact) mass is 206 g/mol. The van der Waals surface area contributed by atoms with Crippen molar-refractivity contribution in [2.75, 3.05) is 12.3 Å². The maximum absolute atomic E-state index is 11.3. The molecule has 0 saturated carbocycles. The zero-order valence-electron chi connectivity index (χ0n) is 8.15. The number of esters is 1. The summed E-state index contributed by atoms with van der Waals surface area (Å²) >= 11 is 0. The van der Waals surface area contributed by atoms with Gasteiger partial charge in [0.1, 0.15) is 5.82 Å². The minimum absolute atomic E-state index is 0.143. The van der Waals surface area contributed by atoms with Gasteiger partial charge in [0.15, 0.2) is 5.65 Å². The van der Waals surface area contributed by atoms with Gasteiger partial charge in [-0.25, -0.2) is 14.8 Å². The van der Waals surface area contributed by atoms with Crippen molar-refractivity contribution in [2.24, 2.45) is 0 Å². The van der Waals surface area contributed by atoms with Crippen molar-refractivity contribution < 1.29 is 9.53 Å². The molecular formula is C9H10N4O2. The van der Waals surface area contributed by atoms with E-state index in [-0.39, 0.29) is 5.82 Å². The third kappa shape index (κ3) is 1.74. The summed E-state index contributed by atoms with van der Waals surface area (Å²) < 4.78 is 4.80. The van der Waals surface area contributed by atoms with Crippen molar-refractivity contribution in [1.29, 1.82) is 0 Å². The fraction of sp³-hybridized carbons (Fsp3) is 0.222. The van der Waals surface area contributed by atoms with Crippen molar-refractivity contribution in [3.8, 4) is 0 Å². The zero-order chi connectivity index (χ0) is 10.8. The molecule has 0 unspecified atom stereocenters. The first kappa shape index (κ1) is 9.45. The van der Waals surface area contributed by atoms with Gasteiger partial charge in [-0.3, -0.25) is 0 Å². The number of carbonyl (C=O) groups excluding carboxylic acids is 1. The maximum Gasteiger partial charge on any atom is 0.374 e. The molecule has 6 heteroatoms. The van der Waals surface area contributed by atoms with Crippen LogP contribution in [0.4, 0.5) is 5.82 Å². The smallest absolute Gasteiger partial charge is 0.374 e. The van der Waals surface area contributed by atoms with Crippen molar-refractivity contribution in [2.45, 2.75) is 6.92 Å². The summed E-state index contributed by atoms with van der Waals surface area (Å²) in [5.74, 6) is 0.0171. The number of carbonyl (C=O) groups is 1. The second-order valence-electron chi connectivity index (χ2n) is 2.91. The summed E-state index contributed by atoms with van der Waals surface area (Å²) in [5, 5.41) is 0. The Labute approximate surface area is 85.5 Å². The summed E-state index contributed by atoms with van der Waals surface area (Å²) in [5.41, 5.74) is 6.56. The van der Waals surface area contributed by atoms with Crippen LogP contribution >= 0.6 is 0 Å². The number of hydrogen-bond acceptors (Lipinski definition) is 5. The number of nitrogen functional groups attached to an aromatic ring is 1. The standard InChI is InChI=1S/C9H10N4O2/c1-2-15-9(14)8-11-5-3-4-6(10)12-7(5)13-8/h3-4H,2H2,1H3,(H3,10,11,12,13). The fourth-order valence-corrected chi connectivity index (χ4v) is 1.20. The van der Waals surface area contributed by atoms with E-state index in [1.165, 1.54) is 0 Å². The van der Waals surface area contributed by atoms with E-state index in [2.05, 4.69) is 15.0 Å². The van der Waals surface area contributed by atoms with Crippen LogP contribution in [0.15, 0.2) is 12.1 Å². The molecule has 2 aromatic rings. The average molecular weight is 206 g/mol. The van der Waals surface area contributed by atoms with Gasteiger partial charge in [-0.1, -0.05) is 0 Å². The molecule has 0 aliphatic rings. The van der Waals surface area contributed by atoms with Gasteiger partial charge in [0.2, 0.25) is 5.82 Å². The van der Waals surface area contributed by atoms with Crippen LogP contribution in [-0.4, -0.2) is 27.5 Å². The molecule has 2 aromatic heterocycles. The van der Waals surface area contributed by atoms with E-state index in [1.54, 1.807) is 19.1 Å². The third-order valence-electron chi connectivity index (χ3n) is 1.84. The van der Waals surface area contributed by atoms with Crippen molar-refractivity contribution in [3.05, 3.63) is 18.0 Å². The number of aromatic amines is 1. The highest BCUT2D eigenvalue weighted by molar-refractivity contribution is 5.89. The van der Waals surface area contributed by atoms with Crippen LogP contribution in [-0.2, 0) is 4.74 Å². The second-order valence-corrected chi connectivity index (χ2v) is 2.91. The molecule has 0 atom stereocenters. The largest absolute Gasteiger partial charge is 0.460 e. The molecule has 2 rings (SSSR count). The van der Waals surface area contributed by atoms with E-state index in [4.69, 9.17) is 10.5 Å². The number of nitrogens with two attached hydrogens (primary N) is 1. The predicted octanol–water partition coefficient (Wildman–Crippen LogP) is 0.717. The van der Waals surface area contributed by atoms with Gasteiger partial charge in [0, 0.05) is 0 Å². The number of H-pyrrole nitrogens is 1. The van der Waals surface area contributed by atoms with Gasteiger partial charge in [0.25, 0.3) is 0 Å². The predicted molar refractivity (Wildman–Crippen MR) is 54.3 cm³/mol. The molecule has 0 amide bonds. The topological polar surface area (TPSA) is 93.9 Å². The number of pyridine rings is 1. The Bertz CT molecular complexity index is 506. The minimum Gasteiger partial charge on any atom is -0.460 e. The van der Waals surface area contributed by atoms with E-state index in [0.717, 1.165) is 0 Å². The minimum atomic E-state index is -0.492. The summed E-state index contributed by atoms with van der Waals surface area (Å²) in [7, 11) is 0. The molecule has 2 heterocycles. The first-order chi connectivity index (χ1) is 7.20. The number of ether oxygens (including phenoxy) is 1. The van der Waals surface area contributed by atoms with Crippen molar-refractivity contribution >= 4 is 23.0 Å². The van der Waals surface area contributed by atoms with Gasteiger partial charge in [-0.15, -0.1) is 0 Å². The summed E-state index contributed by atoms with van der Waals surface area (Å²) in [6.45, 7) is 2.04. The summed E-state index contributed by atoms with van der Waals surface area (Å²) in [6, 6.07) is 3.35. The van der Waals surface area contributed by atoms with E-state index in [1.807, 2.05) is 0 Å². The van der Waals surface area contributed by atoms with Crippen molar-refractivity contribution in [3.63, 3.8) is 0 Å². The number of nitrogens with one attached hydrogen (secondary N) is 1. The lowest BCUT2D eigenvalue weighted by Crippen LogP contribution is -2.06. The molecule has 0 aromatic carbocycles. The number of anilines is 1. The lowest BCUT2D eigenvalue weighted by atomic mass is 10.4. The Morgan fingerprint density at radius 2 is 2.33 bits per heavy atom. The average Bonchev–Trinajstić information content (AvgIpc) is 2.60. The van der Waals surface area contributed by atoms with Crippen LogP contribution in [0.1, 0.15) is 17.5 Å². The number of hydrogen-bond donors (Lipinski definition) is 2. The van der Waals surface area contributed by atoms with Crippen LogP contribution in [0.3, 0.4) is 0 Å². The summed E-state index contributed by atoms with van der Waals surface area (Å²) in [6.07, 6.45) is 0. The highest BCUT2D eigenvalue weighted by Gasteiger charge is 2.12. The molecule has 0 radical (unpaired) electrons. The quantitative estimate of drug-likeness (QED) is 0.706. The molecule has 0 fully saturated rings. The SMILES string of the molecule is CCOC(=O)c1nc2nc(N)ccc2[nH]1. The molecule has 0 aliphatic carbocycles. The Morgan fingerprint density at radius 3 is 3.07 bits per heavy atom. The molecule has 78 valence electrons. The normalized spacial score (nSPS) is 10.5. The lowest BCUT2D eigenvalue weighted by Gasteiger charge is -1.95. The zero-order valence-corrected chi connectivity index (χ0v) is 8.15. The highest BCUT2D eigenvalue weighted by atomic mass is 16.5. The van der Waals surface area contributed by atoms with Gasteiger partial charge in [-0.2, -0.15) is 0 Å². The molecule has 0 spiro atoms. The number of imidazole rings is 1.